The molecule has 0 bridgehead atoms. The molecule has 0 aliphatic carbocycles. The van der Waals surface area contributed by atoms with Crippen LogP contribution in [0.1, 0.15) is 11.1 Å². The molecule has 0 saturated heterocycles. The van der Waals surface area contributed by atoms with Gasteiger partial charge in [0.1, 0.15) is 5.84 Å². The third kappa shape index (κ3) is 2.92. The van der Waals surface area contributed by atoms with Gasteiger partial charge in [0.05, 0.1) is 11.4 Å². The third-order valence-corrected chi connectivity index (χ3v) is 3.91. The van der Waals surface area contributed by atoms with Gasteiger partial charge in [-0.3, -0.25) is 4.98 Å². The third-order valence-electron chi connectivity index (χ3n) is 3.66. The fourth-order valence-corrected chi connectivity index (χ4v) is 2.58. The Kier molecular flexibility index (Phi) is 3.81. The van der Waals surface area contributed by atoms with Crippen LogP contribution in [0.25, 0.3) is 0 Å². The van der Waals surface area contributed by atoms with Crippen LogP contribution in [0.4, 0.5) is 11.4 Å². The molecule has 116 valence electrons. The van der Waals surface area contributed by atoms with Crippen molar-refractivity contribution in [2.75, 3.05) is 5.32 Å². The van der Waals surface area contributed by atoms with Gasteiger partial charge < -0.3 is 5.32 Å². The molecule has 0 fully saturated rings. The van der Waals surface area contributed by atoms with E-state index < -0.39 is 0 Å². The molecule has 1 N–H and O–H groups in total. The minimum absolute atomic E-state index is 0.635. The Morgan fingerprint density at radius 3 is 2.29 bits per heavy atom. The quantitative estimate of drug-likeness (QED) is 0.740. The molecule has 3 aromatic rings. The number of para-hydroxylation sites is 2. The zero-order chi connectivity index (χ0) is 16.4. The second-order valence-corrected chi connectivity index (χ2v) is 5.72. The number of aliphatic imine (C=N–C) groups is 2. The molecule has 1 aromatic heterocycles. The van der Waals surface area contributed by atoms with Gasteiger partial charge in [0.15, 0.2) is 5.84 Å². The number of anilines is 1. The summed E-state index contributed by atoms with van der Waals surface area (Å²) in [6.45, 7) is 0. The van der Waals surface area contributed by atoms with Crippen LogP contribution >= 0.6 is 11.6 Å². The minimum atomic E-state index is 0.635. The lowest BCUT2D eigenvalue weighted by atomic mass is 10.2. The molecule has 24 heavy (non-hydrogen) atoms. The van der Waals surface area contributed by atoms with E-state index in [4.69, 9.17) is 21.6 Å². The number of rotatable bonds is 2. The lowest BCUT2D eigenvalue weighted by molar-refractivity contribution is 1.32. The lowest BCUT2D eigenvalue weighted by Gasteiger charge is -2.09. The number of pyridine rings is 1. The number of nitrogens with zero attached hydrogens (tertiary/aromatic N) is 3. The van der Waals surface area contributed by atoms with E-state index in [1.165, 1.54) is 0 Å². The number of nitrogens with one attached hydrogen (secondary N) is 1. The van der Waals surface area contributed by atoms with E-state index in [-0.39, 0.29) is 0 Å². The first-order valence-corrected chi connectivity index (χ1v) is 7.87. The van der Waals surface area contributed by atoms with Gasteiger partial charge in [-0.15, -0.1) is 0 Å². The van der Waals surface area contributed by atoms with Crippen molar-refractivity contribution >= 4 is 34.6 Å². The SMILES string of the molecule is Clc1ccc(C2=Nc3ccccc3NC(c3ccncc3)=N2)cc1. The molecule has 4 rings (SSSR count). The maximum absolute atomic E-state index is 5.99. The van der Waals surface area contributed by atoms with Crippen molar-refractivity contribution in [2.45, 2.75) is 0 Å². The van der Waals surface area contributed by atoms with Crippen LogP contribution in [0, 0.1) is 0 Å². The van der Waals surface area contributed by atoms with Gasteiger partial charge in [0.2, 0.25) is 0 Å². The van der Waals surface area contributed by atoms with Gasteiger partial charge in [0.25, 0.3) is 0 Å². The molecule has 0 atom stereocenters. The van der Waals surface area contributed by atoms with Crippen molar-refractivity contribution in [1.29, 1.82) is 0 Å². The second kappa shape index (κ2) is 6.26. The Bertz CT molecular complexity index is 931. The number of hydrogen-bond acceptors (Lipinski definition) is 4. The van der Waals surface area contributed by atoms with Gasteiger partial charge in [0, 0.05) is 28.5 Å². The van der Waals surface area contributed by atoms with E-state index in [0.717, 1.165) is 28.3 Å². The predicted octanol–water partition coefficient (Wildman–Crippen LogP) is 4.69. The summed E-state index contributed by atoms with van der Waals surface area (Å²) in [6.07, 6.45) is 3.49. The van der Waals surface area contributed by atoms with Crippen LogP contribution in [-0.2, 0) is 0 Å². The van der Waals surface area contributed by atoms with Crippen molar-refractivity contribution in [2.24, 2.45) is 9.98 Å². The molecule has 0 spiro atoms. The van der Waals surface area contributed by atoms with Crippen LogP contribution in [0.5, 0.6) is 0 Å². The normalized spacial score (nSPS) is 13.2. The molecule has 1 aliphatic rings. The topological polar surface area (TPSA) is 49.6 Å². The number of fused-ring (bicyclic) bond motifs is 1. The van der Waals surface area contributed by atoms with Gasteiger partial charge in [-0.1, -0.05) is 23.7 Å². The van der Waals surface area contributed by atoms with E-state index in [1.54, 1.807) is 12.4 Å². The number of halogens is 1. The monoisotopic (exact) mass is 332 g/mol. The number of hydrogen-bond donors (Lipinski definition) is 1. The lowest BCUT2D eigenvalue weighted by Crippen LogP contribution is -2.14. The van der Waals surface area contributed by atoms with Crippen molar-refractivity contribution in [3.63, 3.8) is 0 Å². The van der Waals surface area contributed by atoms with Crippen LogP contribution in [0.15, 0.2) is 83.0 Å². The van der Waals surface area contributed by atoms with Crippen molar-refractivity contribution in [1.82, 2.24) is 4.98 Å². The average Bonchev–Trinajstić information content (AvgIpc) is 2.83. The Labute approximate surface area is 144 Å². The smallest absolute Gasteiger partial charge is 0.162 e. The molecule has 2 aromatic carbocycles. The van der Waals surface area contributed by atoms with Gasteiger partial charge in [-0.05, 0) is 48.5 Å². The zero-order valence-corrected chi connectivity index (χ0v) is 13.4. The molecule has 1 aliphatic heterocycles. The first-order valence-electron chi connectivity index (χ1n) is 7.49. The van der Waals surface area contributed by atoms with Crippen LogP contribution < -0.4 is 5.32 Å². The summed E-state index contributed by atoms with van der Waals surface area (Å²) < 4.78 is 0. The molecule has 5 heteroatoms. The standard InChI is InChI=1S/C19H13ClN4/c20-15-7-5-13(6-8-15)18-22-16-3-1-2-4-17(16)23-19(24-18)14-9-11-21-12-10-14/h1-12H,(H,22,23,24). The molecular weight excluding hydrogens is 320 g/mol. The number of aromatic nitrogens is 1. The Morgan fingerprint density at radius 2 is 1.50 bits per heavy atom. The summed E-state index contributed by atoms with van der Waals surface area (Å²) in [4.78, 5) is 13.5. The Hall–Kier alpha value is -2.98. The van der Waals surface area contributed by atoms with E-state index in [9.17, 15) is 0 Å². The highest BCUT2D eigenvalue weighted by molar-refractivity contribution is 6.30. The summed E-state index contributed by atoms with van der Waals surface area (Å²) in [6, 6.07) is 19.2. The molecule has 2 heterocycles. The number of amidine groups is 2. The first kappa shape index (κ1) is 14.6. The van der Waals surface area contributed by atoms with Crippen LogP contribution in [0.3, 0.4) is 0 Å². The molecule has 0 radical (unpaired) electrons. The Morgan fingerprint density at radius 1 is 0.750 bits per heavy atom. The fourth-order valence-electron chi connectivity index (χ4n) is 2.45. The van der Waals surface area contributed by atoms with Crippen LogP contribution in [0.2, 0.25) is 5.02 Å². The molecular formula is C19H13ClN4. The highest BCUT2D eigenvalue weighted by Crippen LogP contribution is 2.28. The van der Waals surface area contributed by atoms with Crippen molar-refractivity contribution < 1.29 is 0 Å². The van der Waals surface area contributed by atoms with Crippen molar-refractivity contribution in [3.8, 4) is 0 Å². The molecule has 4 nitrogen and oxygen atoms in total. The van der Waals surface area contributed by atoms with E-state index in [0.29, 0.717) is 10.9 Å². The van der Waals surface area contributed by atoms with E-state index >= 15 is 0 Å². The minimum Gasteiger partial charge on any atom is -0.338 e. The largest absolute Gasteiger partial charge is 0.338 e. The van der Waals surface area contributed by atoms with Gasteiger partial charge >= 0.3 is 0 Å². The maximum Gasteiger partial charge on any atom is 0.162 e. The summed E-state index contributed by atoms with van der Waals surface area (Å²) in [7, 11) is 0. The number of benzene rings is 2. The summed E-state index contributed by atoms with van der Waals surface area (Å²) in [5, 5.41) is 4.05. The summed E-state index contributed by atoms with van der Waals surface area (Å²) in [5.41, 5.74) is 3.61. The molecule has 0 unspecified atom stereocenters. The van der Waals surface area contributed by atoms with E-state index in [2.05, 4.69) is 10.3 Å². The predicted molar refractivity (Wildman–Crippen MR) is 98.5 cm³/mol. The average molecular weight is 333 g/mol. The first-order chi connectivity index (χ1) is 11.8. The van der Waals surface area contributed by atoms with E-state index in [1.807, 2.05) is 60.7 Å². The molecule has 0 saturated carbocycles. The maximum atomic E-state index is 5.99. The Balaban J connectivity index is 1.88. The zero-order valence-electron chi connectivity index (χ0n) is 12.6. The fraction of sp³-hybridized carbons (Fsp3) is 0. The van der Waals surface area contributed by atoms with Crippen LogP contribution in [-0.4, -0.2) is 16.7 Å². The second-order valence-electron chi connectivity index (χ2n) is 5.28. The van der Waals surface area contributed by atoms with Crippen molar-refractivity contribution in [3.05, 3.63) is 89.2 Å². The highest BCUT2D eigenvalue weighted by Gasteiger charge is 2.14. The highest BCUT2D eigenvalue weighted by atomic mass is 35.5. The summed E-state index contributed by atoms with van der Waals surface area (Å²) >= 11 is 5.99. The molecule has 0 amide bonds. The van der Waals surface area contributed by atoms with Gasteiger partial charge in [-0.2, -0.15) is 0 Å². The van der Waals surface area contributed by atoms with Gasteiger partial charge in [-0.25, -0.2) is 9.98 Å². The summed E-state index contributed by atoms with van der Waals surface area (Å²) in [5.74, 6) is 1.37.